The number of amides is 2. The summed E-state index contributed by atoms with van der Waals surface area (Å²) < 4.78 is 5.04. The van der Waals surface area contributed by atoms with Gasteiger partial charge in [0.2, 0.25) is 11.8 Å². The second kappa shape index (κ2) is 8.12. The average molecular weight is 271 g/mol. The summed E-state index contributed by atoms with van der Waals surface area (Å²) in [5.41, 5.74) is 0. The number of carbonyl (C=O) groups excluding carboxylic acids is 2. The lowest BCUT2D eigenvalue weighted by atomic mass is 10.1. The van der Waals surface area contributed by atoms with Crippen LogP contribution in [0.4, 0.5) is 0 Å². The molecule has 1 aliphatic heterocycles. The molecule has 0 saturated carbocycles. The van der Waals surface area contributed by atoms with Gasteiger partial charge in [-0.3, -0.25) is 9.59 Å². The van der Waals surface area contributed by atoms with Crippen LogP contribution in [0.5, 0.6) is 0 Å². The standard InChI is InChI=1S/C13H25N3O3/c1-4-15-13(18)11-8-14-5-6-16(11)12(17)7-10(2)9-19-3/h10-11,14H,4-9H2,1-3H3,(H,15,18). The van der Waals surface area contributed by atoms with E-state index in [4.69, 9.17) is 4.74 Å². The fraction of sp³-hybridized carbons (Fsp3) is 0.846. The van der Waals surface area contributed by atoms with E-state index in [9.17, 15) is 9.59 Å². The van der Waals surface area contributed by atoms with Crippen molar-refractivity contribution in [3.63, 3.8) is 0 Å². The second-order valence-corrected chi connectivity index (χ2v) is 4.97. The van der Waals surface area contributed by atoms with Gasteiger partial charge in [-0.15, -0.1) is 0 Å². The number of likely N-dealkylation sites (N-methyl/N-ethyl adjacent to an activating group) is 1. The van der Waals surface area contributed by atoms with Crippen molar-refractivity contribution in [1.29, 1.82) is 0 Å². The maximum atomic E-state index is 12.3. The highest BCUT2D eigenvalue weighted by atomic mass is 16.5. The molecule has 2 atom stereocenters. The smallest absolute Gasteiger partial charge is 0.244 e. The van der Waals surface area contributed by atoms with E-state index in [0.717, 1.165) is 6.54 Å². The Morgan fingerprint density at radius 2 is 2.26 bits per heavy atom. The first-order chi connectivity index (χ1) is 9.10. The molecule has 0 spiro atoms. The van der Waals surface area contributed by atoms with Gasteiger partial charge in [-0.05, 0) is 12.8 Å². The summed E-state index contributed by atoms with van der Waals surface area (Å²) in [5, 5.41) is 5.94. The van der Waals surface area contributed by atoms with Crippen LogP contribution in [0, 0.1) is 5.92 Å². The molecule has 2 amide bonds. The third-order valence-corrected chi connectivity index (χ3v) is 3.19. The number of ether oxygens (including phenoxy) is 1. The topological polar surface area (TPSA) is 70.7 Å². The van der Waals surface area contributed by atoms with Gasteiger partial charge in [-0.25, -0.2) is 0 Å². The van der Waals surface area contributed by atoms with Crippen molar-refractivity contribution >= 4 is 11.8 Å². The summed E-state index contributed by atoms with van der Waals surface area (Å²) >= 11 is 0. The maximum absolute atomic E-state index is 12.3. The number of piperazine rings is 1. The van der Waals surface area contributed by atoms with Gasteiger partial charge in [-0.1, -0.05) is 6.92 Å². The molecule has 6 heteroatoms. The number of rotatable bonds is 6. The molecule has 2 N–H and O–H groups in total. The SMILES string of the molecule is CCNC(=O)C1CNCCN1C(=O)CC(C)COC. The van der Waals surface area contributed by atoms with Crippen molar-refractivity contribution in [3.05, 3.63) is 0 Å². The number of carbonyl (C=O) groups is 2. The number of hydrogen-bond acceptors (Lipinski definition) is 4. The molecule has 0 radical (unpaired) electrons. The lowest BCUT2D eigenvalue weighted by Gasteiger charge is -2.35. The van der Waals surface area contributed by atoms with Gasteiger partial charge in [0.15, 0.2) is 0 Å². The molecular weight excluding hydrogens is 246 g/mol. The minimum Gasteiger partial charge on any atom is -0.384 e. The zero-order valence-electron chi connectivity index (χ0n) is 12.1. The van der Waals surface area contributed by atoms with Gasteiger partial charge in [0, 0.05) is 46.3 Å². The van der Waals surface area contributed by atoms with Crippen LogP contribution >= 0.6 is 0 Å². The summed E-state index contributed by atoms with van der Waals surface area (Å²) in [5.74, 6) is 0.118. The van der Waals surface area contributed by atoms with Gasteiger partial charge >= 0.3 is 0 Å². The average Bonchev–Trinajstić information content (AvgIpc) is 2.39. The van der Waals surface area contributed by atoms with E-state index in [1.165, 1.54) is 0 Å². The number of methoxy groups -OCH3 is 1. The van der Waals surface area contributed by atoms with Crippen molar-refractivity contribution in [2.75, 3.05) is 39.9 Å². The predicted molar refractivity (Wildman–Crippen MR) is 72.7 cm³/mol. The Kier molecular flexibility index (Phi) is 6.80. The number of nitrogens with one attached hydrogen (secondary N) is 2. The third-order valence-electron chi connectivity index (χ3n) is 3.19. The van der Waals surface area contributed by atoms with Crippen LogP contribution in [-0.2, 0) is 14.3 Å². The Balaban J connectivity index is 2.60. The van der Waals surface area contributed by atoms with Crippen LogP contribution in [0.2, 0.25) is 0 Å². The summed E-state index contributed by atoms with van der Waals surface area (Å²) in [7, 11) is 1.63. The normalized spacial score (nSPS) is 21.0. The molecular formula is C13H25N3O3. The Labute approximate surface area is 114 Å². The molecule has 19 heavy (non-hydrogen) atoms. The van der Waals surface area contributed by atoms with Gasteiger partial charge < -0.3 is 20.3 Å². The molecule has 0 aromatic heterocycles. The van der Waals surface area contributed by atoms with E-state index >= 15 is 0 Å². The summed E-state index contributed by atoms with van der Waals surface area (Å²) in [6.07, 6.45) is 0.420. The fourth-order valence-corrected chi connectivity index (χ4v) is 2.29. The molecule has 1 fully saturated rings. The van der Waals surface area contributed by atoms with Crippen LogP contribution in [0.15, 0.2) is 0 Å². The highest BCUT2D eigenvalue weighted by molar-refractivity contribution is 5.88. The highest BCUT2D eigenvalue weighted by Crippen LogP contribution is 2.11. The third kappa shape index (κ3) is 4.80. The molecule has 110 valence electrons. The highest BCUT2D eigenvalue weighted by Gasteiger charge is 2.31. The van der Waals surface area contributed by atoms with Crippen LogP contribution in [0.1, 0.15) is 20.3 Å². The Hall–Kier alpha value is -1.14. The van der Waals surface area contributed by atoms with Gasteiger partial charge in [0.1, 0.15) is 6.04 Å². The first-order valence-electron chi connectivity index (χ1n) is 6.87. The summed E-state index contributed by atoms with van der Waals surface area (Å²) in [6.45, 7) is 6.84. The Morgan fingerprint density at radius 1 is 1.53 bits per heavy atom. The van der Waals surface area contributed by atoms with Crippen molar-refractivity contribution in [2.45, 2.75) is 26.3 Å². The largest absolute Gasteiger partial charge is 0.384 e. The van der Waals surface area contributed by atoms with Gasteiger partial charge in [-0.2, -0.15) is 0 Å². The Morgan fingerprint density at radius 3 is 2.89 bits per heavy atom. The molecule has 6 nitrogen and oxygen atoms in total. The lowest BCUT2D eigenvalue weighted by Crippen LogP contribution is -2.59. The lowest BCUT2D eigenvalue weighted by molar-refractivity contribution is -0.142. The maximum Gasteiger partial charge on any atom is 0.244 e. The van der Waals surface area contributed by atoms with E-state index in [0.29, 0.717) is 32.7 Å². The van der Waals surface area contributed by atoms with Crippen LogP contribution in [0.3, 0.4) is 0 Å². The van der Waals surface area contributed by atoms with Crippen molar-refractivity contribution in [3.8, 4) is 0 Å². The summed E-state index contributed by atoms with van der Waals surface area (Å²) in [6, 6.07) is -0.393. The van der Waals surface area contributed by atoms with Crippen LogP contribution in [0.25, 0.3) is 0 Å². The van der Waals surface area contributed by atoms with E-state index in [1.807, 2.05) is 13.8 Å². The Bertz CT molecular complexity index is 310. The fourth-order valence-electron chi connectivity index (χ4n) is 2.29. The van der Waals surface area contributed by atoms with Crippen LogP contribution < -0.4 is 10.6 Å². The van der Waals surface area contributed by atoms with Crippen molar-refractivity contribution in [1.82, 2.24) is 15.5 Å². The first-order valence-corrected chi connectivity index (χ1v) is 6.87. The zero-order valence-corrected chi connectivity index (χ0v) is 12.1. The molecule has 0 bridgehead atoms. The minimum absolute atomic E-state index is 0.0299. The van der Waals surface area contributed by atoms with E-state index in [2.05, 4.69) is 10.6 Å². The van der Waals surface area contributed by atoms with E-state index < -0.39 is 6.04 Å². The van der Waals surface area contributed by atoms with Crippen molar-refractivity contribution in [2.24, 2.45) is 5.92 Å². The molecule has 0 aliphatic carbocycles. The van der Waals surface area contributed by atoms with E-state index in [1.54, 1.807) is 12.0 Å². The van der Waals surface area contributed by atoms with Crippen molar-refractivity contribution < 1.29 is 14.3 Å². The number of nitrogens with zero attached hydrogens (tertiary/aromatic N) is 1. The van der Waals surface area contributed by atoms with Gasteiger partial charge in [0.25, 0.3) is 0 Å². The molecule has 0 aromatic rings. The minimum atomic E-state index is -0.393. The quantitative estimate of drug-likeness (QED) is 0.689. The second-order valence-electron chi connectivity index (χ2n) is 4.97. The first kappa shape index (κ1) is 15.9. The molecule has 1 heterocycles. The summed E-state index contributed by atoms with van der Waals surface area (Å²) in [4.78, 5) is 25.9. The zero-order chi connectivity index (χ0) is 14.3. The monoisotopic (exact) mass is 271 g/mol. The molecule has 1 aliphatic rings. The van der Waals surface area contributed by atoms with Gasteiger partial charge in [0.05, 0.1) is 0 Å². The number of hydrogen-bond donors (Lipinski definition) is 2. The van der Waals surface area contributed by atoms with Crippen LogP contribution in [-0.4, -0.2) is 62.7 Å². The predicted octanol–water partition coefficient (Wildman–Crippen LogP) is -0.404. The van der Waals surface area contributed by atoms with E-state index in [-0.39, 0.29) is 17.7 Å². The molecule has 2 unspecified atom stereocenters. The molecule has 1 saturated heterocycles. The molecule has 1 rings (SSSR count). The molecule has 0 aromatic carbocycles.